The van der Waals surface area contributed by atoms with Crippen LogP contribution in [0.2, 0.25) is 0 Å². The van der Waals surface area contributed by atoms with Gasteiger partial charge in [-0.05, 0) is 32.3 Å². The zero-order valence-electron chi connectivity index (χ0n) is 14.2. The van der Waals surface area contributed by atoms with Crippen LogP contribution in [0.1, 0.15) is 63.9 Å². The molecule has 2 aromatic rings. The highest BCUT2D eigenvalue weighted by atomic mass is 15.1. The maximum Gasteiger partial charge on any atom is 0.178 e. The van der Waals surface area contributed by atoms with Crippen LogP contribution in [0.3, 0.4) is 0 Å². The Kier molecular flexibility index (Phi) is 6.56. The van der Waals surface area contributed by atoms with Crippen molar-refractivity contribution >= 4 is 0 Å². The minimum atomic E-state index is 0.811. The van der Waals surface area contributed by atoms with E-state index in [1.165, 1.54) is 38.5 Å². The maximum atomic E-state index is 4.82. The van der Waals surface area contributed by atoms with Crippen molar-refractivity contribution in [2.24, 2.45) is 0 Å². The predicted octanol–water partition coefficient (Wildman–Crippen LogP) is 4.57. The van der Waals surface area contributed by atoms with Crippen LogP contribution in [0.5, 0.6) is 0 Å². The van der Waals surface area contributed by atoms with E-state index in [0.717, 1.165) is 36.0 Å². The lowest BCUT2D eigenvalue weighted by atomic mass is 10.1. The number of hydrogen-bond donors (Lipinski definition) is 0. The van der Waals surface area contributed by atoms with Gasteiger partial charge in [-0.3, -0.25) is 0 Å². The fourth-order valence-electron chi connectivity index (χ4n) is 2.81. The first-order chi connectivity index (χ1) is 10.8. The summed E-state index contributed by atoms with van der Waals surface area (Å²) in [7, 11) is 0. The first kappa shape index (κ1) is 16.7. The lowest BCUT2D eigenvalue weighted by Crippen LogP contribution is -2.05. The Labute approximate surface area is 134 Å². The van der Waals surface area contributed by atoms with Gasteiger partial charge in [-0.2, -0.15) is 0 Å². The summed E-state index contributed by atoms with van der Waals surface area (Å²) in [5.74, 6) is 1.90. The van der Waals surface area contributed by atoms with Gasteiger partial charge >= 0.3 is 0 Å². The molecule has 2 aromatic heterocycles. The second kappa shape index (κ2) is 8.66. The second-order valence-electron chi connectivity index (χ2n) is 5.84. The van der Waals surface area contributed by atoms with E-state index >= 15 is 0 Å². The second-order valence-corrected chi connectivity index (χ2v) is 5.84. The molecule has 0 fully saturated rings. The third-order valence-electron chi connectivity index (χ3n) is 4.01. The lowest BCUT2D eigenvalue weighted by Gasteiger charge is -2.10. The topological polar surface area (TPSA) is 43.6 Å². The largest absolute Gasteiger partial charge is 0.325 e. The Morgan fingerprint density at radius 1 is 0.955 bits per heavy atom. The molecule has 0 radical (unpaired) electrons. The van der Waals surface area contributed by atoms with Gasteiger partial charge < -0.3 is 4.57 Å². The van der Waals surface area contributed by atoms with Crippen LogP contribution >= 0.6 is 0 Å². The molecular formula is C18H28N4. The van der Waals surface area contributed by atoms with Crippen molar-refractivity contribution in [2.75, 3.05) is 0 Å². The molecule has 0 bridgehead atoms. The van der Waals surface area contributed by atoms with Crippen LogP contribution < -0.4 is 0 Å². The van der Waals surface area contributed by atoms with Crippen molar-refractivity contribution in [1.29, 1.82) is 0 Å². The Hall–Kier alpha value is -1.71. The van der Waals surface area contributed by atoms with Gasteiger partial charge in [0.2, 0.25) is 0 Å². The molecule has 0 unspecified atom stereocenters. The third kappa shape index (κ3) is 4.15. The van der Waals surface area contributed by atoms with Gasteiger partial charge in [0.05, 0.1) is 5.69 Å². The Balaban J connectivity index is 2.30. The van der Waals surface area contributed by atoms with Crippen LogP contribution in [0, 0.1) is 6.92 Å². The van der Waals surface area contributed by atoms with E-state index in [1.54, 1.807) is 0 Å². The number of rotatable bonds is 9. The number of imidazole rings is 1. The highest BCUT2D eigenvalue weighted by molar-refractivity contribution is 5.54. The van der Waals surface area contributed by atoms with Gasteiger partial charge in [-0.15, -0.1) is 0 Å². The van der Waals surface area contributed by atoms with Crippen LogP contribution in [0.25, 0.3) is 11.5 Å². The average Bonchev–Trinajstić information content (AvgIpc) is 2.85. The molecule has 0 atom stereocenters. The molecule has 22 heavy (non-hydrogen) atoms. The van der Waals surface area contributed by atoms with E-state index in [1.807, 2.05) is 18.5 Å². The summed E-state index contributed by atoms with van der Waals surface area (Å²) in [6.45, 7) is 7.57. The molecular weight excluding hydrogens is 272 g/mol. The zero-order chi connectivity index (χ0) is 15.8. The summed E-state index contributed by atoms with van der Waals surface area (Å²) in [4.78, 5) is 13.8. The quantitative estimate of drug-likeness (QED) is 0.637. The Bertz CT molecular complexity index is 560. The standard InChI is InChI=1S/C18H28N4/c1-4-6-8-11-16-17(18-19-12-10-13-20-18)22(15(3)21-16)14-9-7-5-2/h10,12-13H,4-9,11,14H2,1-3H3. The minimum absolute atomic E-state index is 0.811. The molecule has 2 rings (SSSR count). The maximum absolute atomic E-state index is 4.82. The summed E-state index contributed by atoms with van der Waals surface area (Å²) in [6.07, 6.45) is 12.0. The van der Waals surface area contributed by atoms with E-state index < -0.39 is 0 Å². The number of aryl methyl sites for hydroxylation is 2. The van der Waals surface area contributed by atoms with Crippen molar-refractivity contribution < 1.29 is 0 Å². The smallest absolute Gasteiger partial charge is 0.178 e. The molecule has 4 nitrogen and oxygen atoms in total. The summed E-state index contributed by atoms with van der Waals surface area (Å²) in [6, 6.07) is 1.87. The van der Waals surface area contributed by atoms with Crippen LogP contribution in [0.15, 0.2) is 18.5 Å². The van der Waals surface area contributed by atoms with Gasteiger partial charge in [0.25, 0.3) is 0 Å². The monoisotopic (exact) mass is 300 g/mol. The van der Waals surface area contributed by atoms with E-state index in [9.17, 15) is 0 Å². The summed E-state index contributed by atoms with van der Waals surface area (Å²) in [5, 5.41) is 0. The van der Waals surface area contributed by atoms with Crippen LogP contribution in [0.4, 0.5) is 0 Å². The predicted molar refractivity (Wildman–Crippen MR) is 90.7 cm³/mol. The normalized spacial score (nSPS) is 11.0. The molecule has 0 aromatic carbocycles. The van der Waals surface area contributed by atoms with E-state index in [2.05, 4.69) is 35.3 Å². The fraction of sp³-hybridized carbons (Fsp3) is 0.611. The van der Waals surface area contributed by atoms with Crippen molar-refractivity contribution in [3.8, 4) is 11.5 Å². The molecule has 120 valence electrons. The highest BCUT2D eigenvalue weighted by Gasteiger charge is 2.17. The van der Waals surface area contributed by atoms with Crippen molar-refractivity contribution in [3.05, 3.63) is 30.0 Å². The van der Waals surface area contributed by atoms with E-state index in [0.29, 0.717) is 0 Å². The number of unbranched alkanes of at least 4 members (excludes halogenated alkanes) is 4. The summed E-state index contributed by atoms with van der Waals surface area (Å²) >= 11 is 0. The van der Waals surface area contributed by atoms with Gasteiger partial charge in [0, 0.05) is 18.9 Å². The van der Waals surface area contributed by atoms with Gasteiger partial charge in [-0.1, -0.05) is 39.5 Å². The van der Waals surface area contributed by atoms with E-state index in [4.69, 9.17) is 4.98 Å². The van der Waals surface area contributed by atoms with Crippen LogP contribution in [-0.2, 0) is 13.0 Å². The fourth-order valence-corrected chi connectivity index (χ4v) is 2.81. The molecule has 4 heteroatoms. The molecule has 0 aliphatic carbocycles. The minimum Gasteiger partial charge on any atom is -0.325 e. The van der Waals surface area contributed by atoms with Crippen LogP contribution in [-0.4, -0.2) is 19.5 Å². The molecule has 0 aliphatic heterocycles. The first-order valence-corrected chi connectivity index (χ1v) is 8.61. The zero-order valence-corrected chi connectivity index (χ0v) is 14.2. The molecule has 0 N–H and O–H groups in total. The molecule has 0 saturated carbocycles. The molecule has 0 saturated heterocycles. The van der Waals surface area contributed by atoms with Gasteiger partial charge in [0.1, 0.15) is 11.5 Å². The first-order valence-electron chi connectivity index (χ1n) is 8.61. The number of hydrogen-bond acceptors (Lipinski definition) is 3. The SMILES string of the molecule is CCCCCc1nc(C)n(CCCCC)c1-c1ncccn1. The van der Waals surface area contributed by atoms with Crippen molar-refractivity contribution in [1.82, 2.24) is 19.5 Å². The average molecular weight is 300 g/mol. The van der Waals surface area contributed by atoms with E-state index in [-0.39, 0.29) is 0 Å². The molecule has 0 aliphatic rings. The Morgan fingerprint density at radius 3 is 2.32 bits per heavy atom. The number of nitrogens with zero attached hydrogens (tertiary/aromatic N) is 4. The number of aromatic nitrogens is 4. The summed E-state index contributed by atoms with van der Waals surface area (Å²) in [5.41, 5.74) is 2.29. The molecule has 0 spiro atoms. The Morgan fingerprint density at radius 2 is 1.64 bits per heavy atom. The van der Waals surface area contributed by atoms with Crippen molar-refractivity contribution in [2.45, 2.75) is 72.3 Å². The molecule has 0 amide bonds. The van der Waals surface area contributed by atoms with Gasteiger partial charge in [-0.25, -0.2) is 15.0 Å². The molecule has 2 heterocycles. The third-order valence-corrected chi connectivity index (χ3v) is 4.01. The highest BCUT2D eigenvalue weighted by Crippen LogP contribution is 2.24. The lowest BCUT2D eigenvalue weighted by molar-refractivity contribution is 0.592. The summed E-state index contributed by atoms with van der Waals surface area (Å²) < 4.78 is 2.31. The van der Waals surface area contributed by atoms with Gasteiger partial charge in [0.15, 0.2) is 5.82 Å². The van der Waals surface area contributed by atoms with Crippen molar-refractivity contribution in [3.63, 3.8) is 0 Å².